The van der Waals surface area contributed by atoms with Gasteiger partial charge in [0.05, 0.1) is 11.1 Å². The fourth-order valence-corrected chi connectivity index (χ4v) is 10.7. The lowest BCUT2D eigenvalue weighted by molar-refractivity contribution is -0.0395. The molecule has 0 fully saturated rings. The molecule has 2 atom stereocenters. The quantitative estimate of drug-likeness (QED) is 0.0433. The maximum atomic E-state index is 15.4. The Hall–Kier alpha value is -11.2. The molecule has 0 N–H and O–H groups in total. The third-order valence-electron chi connectivity index (χ3n) is 15.5. The summed E-state index contributed by atoms with van der Waals surface area (Å²) in [6, 6.07) is 88.4. The molecule has 0 heterocycles. The van der Waals surface area contributed by atoms with Crippen molar-refractivity contribution in [3.63, 3.8) is 0 Å². The SMILES string of the molecule is O=C(O[C@H]1Cc2c(OCc3ccccc3)ccc(OCc3ccccc3)c2C[C@H]1OC(=O)c1cc(OCc2ccccc2)c(OCc2ccccc2)c(OCc2ccccc2)c1)c1cc(OCc2ccccc2)c(OCc2ccccc2)c(OCc2ccccc2)c1. The summed E-state index contributed by atoms with van der Waals surface area (Å²) in [6.07, 6.45) is -2.09. The minimum absolute atomic E-state index is 0.0574. The van der Waals surface area contributed by atoms with Gasteiger partial charge in [0.15, 0.2) is 23.0 Å². The smallest absolute Gasteiger partial charge is 0.338 e. The highest BCUT2D eigenvalue weighted by molar-refractivity contribution is 5.92. The minimum Gasteiger partial charge on any atom is -0.489 e. The lowest BCUT2D eigenvalue weighted by Gasteiger charge is -2.34. The molecule has 1 aliphatic rings. The van der Waals surface area contributed by atoms with Crippen molar-refractivity contribution in [2.75, 3.05) is 0 Å². The molecule has 12 nitrogen and oxygen atoms in total. The highest BCUT2D eigenvalue weighted by atomic mass is 16.6. The molecule has 0 unspecified atom stereocenters. The third-order valence-corrected chi connectivity index (χ3v) is 15.5. The Labute approximate surface area is 536 Å². The first-order valence-electron chi connectivity index (χ1n) is 30.7. The molecule has 460 valence electrons. The zero-order chi connectivity index (χ0) is 62.5. The first-order valence-corrected chi connectivity index (χ1v) is 30.7. The standard InChI is InChI=1S/C80H68O12/c81-79(65-43-73(85-51-59-29-13-3-14-30-59)77(89-55-63-37-21-7-22-38-63)74(44-65)86-52-60-31-15-4-16-32-60)91-71-47-67-68(70(84-50-58-27-11-2-12-28-58)42-41-69(67)83-49-57-25-9-1-10-26-57)48-72(71)92-80(82)66-45-75(87-53-61-33-17-5-18-34-61)78(90-56-64-39-23-8-24-40-64)76(46-66)88-54-62-35-19-6-20-36-62/h1-46,71-72H,47-56H2/t71-,72+. The Bertz CT molecular complexity index is 3740. The van der Waals surface area contributed by atoms with Gasteiger partial charge in [-0.25, -0.2) is 9.59 Å². The highest BCUT2D eigenvalue weighted by Crippen LogP contribution is 2.44. The van der Waals surface area contributed by atoms with E-state index in [1.807, 2.05) is 255 Å². The predicted molar refractivity (Wildman–Crippen MR) is 351 cm³/mol. The van der Waals surface area contributed by atoms with Crippen LogP contribution in [0.4, 0.5) is 0 Å². The zero-order valence-electron chi connectivity index (χ0n) is 50.7. The number of ether oxygens (including phenoxy) is 10. The predicted octanol–water partition coefficient (Wildman–Crippen LogP) is 16.9. The van der Waals surface area contributed by atoms with E-state index in [1.165, 1.54) is 0 Å². The molecular weight excluding hydrogens is 1150 g/mol. The number of hydrogen-bond donors (Lipinski definition) is 0. The van der Waals surface area contributed by atoms with Crippen molar-refractivity contribution in [3.05, 3.63) is 346 Å². The van der Waals surface area contributed by atoms with E-state index >= 15 is 9.59 Å². The molecule has 0 aromatic heterocycles. The van der Waals surface area contributed by atoms with Crippen molar-refractivity contribution in [1.82, 2.24) is 0 Å². The monoisotopic (exact) mass is 1220 g/mol. The van der Waals surface area contributed by atoms with Crippen LogP contribution in [-0.2, 0) is 75.2 Å². The summed E-state index contributed by atoms with van der Waals surface area (Å²) >= 11 is 0. The van der Waals surface area contributed by atoms with Crippen molar-refractivity contribution in [2.24, 2.45) is 0 Å². The fourth-order valence-electron chi connectivity index (χ4n) is 10.7. The Balaban J connectivity index is 0.936. The molecule has 0 saturated carbocycles. The van der Waals surface area contributed by atoms with Crippen LogP contribution in [0.5, 0.6) is 46.0 Å². The lowest BCUT2D eigenvalue weighted by atomic mass is 9.86. The molecule has 12 rings (SSSR count). The van der Waals surface area contributed by atoms with Crippen molar-refractivity contribution in [1.29, 1.82) is 0 Å². The summed E-state index contributed by atoms with van der Waals surface area (Å²) in [7, 11) is 0. The molecule has 1 aliphatic carbocycles. The van der Waals surface area contributed by atoms with E-state index in [-0.39, 0.29) is 99.8 Å². The van der Waals surface area contributed by atoms with E-state index in [0.29, 0.717) is 23.0 Å². The van der Waals surface area contributed by atoms with E-state index in [4.69, 9.17) is 47.4 Å². The molecule has 0 radical (unpaired) electrons. The van der Waals surface area contributed by atoms with Gasteiger partial charge in [-0.2, -0.15) is 0 Å². The zero-order valence-corrected chi connectivity index (χ0v) is 50.7. The van der Waals surface area contributed by atoms with E-state index in [2.05, 4.69) is 0 Å². The van der Waals surface area contributed by atoms with Gasteiger partial charge < -0.3 is 47.4 Å². The Kier molecular flexibility index (Phi) is 20.4. The average Bonchev–Trinajstić information content (AvgIpc) is 0.869. The second-order valence-electron chi connectivity index (χ2n) is 22.1. The van der Waals surface area contributed by atoms with Gasteiger partial charge in [-0.1, -0.05) is 243 Å². The van der Waals surface area contributed by atoms with Gasteiger partial charge in [0, 0.05) is 24.0 Å². The molecule has 0 amide bonds. The molecule has 0 aliphatic heterocycles. The van der Waals surface area contributed by atoms with Gasteiger partial charge in [-0.3, -0.25) is 0 Å². The number of carbonyl (C=O) groups excluding carboxylic acids is 2. The van der Waals surface area contributed by atoms with Crippen LogP contribution in [0.1, 0.15) is 76.4 Å². The number of carbonyl (C=O) groups is 2. The Morgan fingerprint density at radius 1 is 0.250 bits per heavy atom. The summed E-state index contributed by atoms with van der Waals surface area (Å²) in [6.45, 7) is 1.46. The molecular formula is C80H68O12. The van der Waals surface area contributed by atoms with Gasteiger partial charge in [0.2, 0.25) is 11.5 Å². The van der Waals surface area contributed by atoms with Crippen molar-refractivity contribution in [2.45, 2.75) is 77.9 Å². The van der Waals surface area contributed by atoms with Gasteiger partial charge in [-0.15, -0.1) is 0 Å². The lowest BCUT2D eigenvalue weighted by Crippen LogP contribution is -2.42. The maximum Gasteiger partial charge on any atom is 0.338 e. The number of hydrogen-bond acceptors (Lipinski definition) is 12. The van der Waals surface area contributed by atoms with Crippen LogP contribution in [0, 0.1) is 0 Å². The van der Waals surface area contributed by atoms with Gasteiger partial charge in [0.25, 0.3) is 0 Å². The molecule has 0 saturated heterocycles. The highest BCUT2D eigenvalue weighted by Gasteiger charge is 2.39. The molecule has 92 heavy (non-hydrogen) atoms. The largest absolute Gasteiger partial charge is 0.489 e. The van der Waals surface area contributed by atoms with E-state index in [1.54, 1.807) is 24.3 Å². The van der Waals surface area contributed by atoms with E-state index < -0.39 is 24.1 Å². The fraction of sp³-hybridized carbons (Fsp3) is 0.150. The molecule has 0 spiro atoms. The van der Waals surface area contributed by atoms with Gasteiger partial charge in [-0.05, 0) is 80.9 Å². The number of fused-ring (bicyclic) bond motifs is 1. The van der Waals surface area contributed by atoms with Crippen LogP contribution in [0.15, 0.2) is 279 Å². The van der Waals surface area contributed by atoms with Gasteiger partial charge in [0.1, 0.15) is 76.6 Å². The van der Waals surface area contributed by atoms with Crippen LogP contribution in [0.2, 0.25) is 0 Å². The normalized spacial score (nSPS) is 13.1. The number of rotatable bonds is 28. The van der Waals surface area contributed by atoms with Crippen LogP contribution in [0.3, 0.4) is 0 Å². The second kappa shape index (κ2) is 30.8. The van der Waals surface area contributed by atoms with Gasteiger partial charge >= 0.3 is 11.9 Å². The summed E-state index contributed by atoms with van der Waals surface area (Å²) in [5.74, 6) is 1.25. The Morgan fingerprint density at radius 3 is 0.663 bits per heavy atom. The van der Waals surface area contributed by atoms with Crippen LogP contribution < -0.4 is 37.9 Å². The minimum atomic E-state index is -1.10. The van der Waals surface area contributed by atoms with Crippen LogP contribution in [0.25, 0.3) is 0 Å². The second-order valence-corrected chi connectivity index (χ2v) is 22.1. The summed E-state index contributed by atoms with van der Waals surface area (Å²) < 4.78 is 66.5. The molecule has 12 heteroatoms. The van der Waals surface area contributed by atoms with Crippen molar-refractivity contribution in [3.8, 4) is 46.0 Å². The Morgan fingerprint density at radius 2 is 0.446 bits per heavy atom. The van der Waals surface area contributed by atoms with Crippen LogP contribution in [-0.4, -0.2) is 24.1 Å². The topological polar surface area (TPSA) is 126 Å². The number of esters is 2. The summed E-state index contributed by atoms with van der Waals surface area (Å²) in [5, 5.41) is 0. The number of benzene rings is 11. The summed E-state index contributed by atoms with van der Waals surface area (Å²) in [5.41, 5.74) is 8.98. The van der Waals surface area contributed by atoms with Crippen molar-refractivity contribution >= 4 is 11.9 Å². The molecule has 11 aromatic rings. The van der Waals surface area contributed by atoms with Crippen molar-refractivity contribution < 1.29 is 57.0 Å². The molecule has 0 bridgehead atoms. The van der Waals surface area contributed by atoms with E-state index in [9.17, 15) is 0 Å². The molecule has 11 aromatic carbocycles. The first-order chi connectivity index (χ1) is 45.4. The van der Waals surface area contributed by atoms with E-state index in [0.717, 1.165) is 55.6 Å². The third kappa shape index (κ3) is 16.5. The summed E-state index contributed by atoms with van der Waals surface area (Å²) in [4.78, 5) is 30.9. The maximum absolute atomic E-state index is 15.4. The first kappa shape index (κ1) is 61.0. The van der Waals surface area contributed by atoms with Crippen LogP contribution >= 0.6 is 0 Å². The average molecular weight is 1220 g/mol.